The second-order valence-electron chi connectivity index (χ2n) is 5.92. The fraction of sp³-hybridized carbons (Fsp3) is 0.467. The predicted molar refractivity (Wildman–Crippen MR) is 75.5 cm³/mol. The van der Waals surface area contributed by atoms with Crippen molar-refractivity contribution in [2.24, 2.45) is 5.73 Å². The van der Waals surface area contributed by atoms with E-state index < -0.39 is 35.1 Å². The molecule has 0 saturated heterocycles. The number of halogens is 2. The fourth-order valence-corrected chi connectivity index (χ4v) is 1.65. The van der Waals surface area contributed by atoms with Crippen LogP contribution in [0.25, 0.3) is 0 Å². The van der Waals surface area contributed by atoms with Crippen LogP contribution < -0.4 is 5.73 Å². The minimum atomic E-state index is -3.78. The van der Waals surface area contributed by atoms with Gasteiger partial charge in [-0.25, -0.2) is 4.79 Å². The maximum Gasteiger partial charge on any atom is 0.382 e. The maximum absolute atomic E-state index is 14.0. The number of carboxylic acid groups (broad SMARTS) is 1. The Hall–Kier alpha value is -2.02. The molecule has 1 aromatic rings. The van der Waals surface area contributed by atoms with Gasteiger partial charge in [-0.3, -0.25) is 4.79 Å². The normalized spacial score (nSPS) is 13.5. The smallest absolute Gasteiger partial charge is 0.382 e. The highest BCUT2D eigenvalue weighted by molar-refractivity contribution is 5.79. The average Bonchev–Trinajstić information content (AvgIpc) is 2.37. The zero-order chi connectivity index (χ0) is 17.1. The zero-order valence-electron chi connectivity index (χ0n) is 12.6. The van der Waals surface area contributed by atoms with Crippen LogP contribution in [0.4, 0.5) is 8.78 Å². The van der Waals surface area contributed by atoms with Crippen LogP contribution in [0.2, 0.25) is 0 Å². The summed E-state index contributed by atoms with van der Waals surface area (Å²) in [5, 5.41) is 8.70. The second-order valence-corrected chi connectivity index (χ2v) is 5.92. The van der Waals surface area contributed by atoms with E-state index in [-0.39, 0.29) is 6.42 Å². The van der Waals surface area contributed by atoms with Crippen molar-refractivity contribution in [2.75, 3.05) is 0 Å². The Balaban J connectivity index is 2.88. The van der Waals surface area contributed by atoms with E-state index in [1.165, 1.54) is 32.9 Å². The van der Waals surface area contributed by atoms with Gasteiger partial charge in [0.05, 0.1) is 0 Å². The van der Waals surface area contributed by atoms with Gasteiger partial charge in [0, 0.05) is 5.56 Å². The molecule has 0 spiro atoms. The minimum absolute atomic E-state index is 0.00756. The number of carbonyl (C=O) groups excluding carboxylic acids is 1. The number of hydrogen-bond donors (Lipinski definition) is 2. The van der Waals surface area contributed by atoms with Crippen LogP contribution in [-0.4, -0.2) is 28.7 Å². The zero-order valence-corrected chi connectivity index (χ0v) is 12.6. The summed E-state index contributed by atoms with van der Waals surface area (Å²) in [6.07, 6.45) is 0.00756. The molecule has 0 fully saturated rings. The lowest BCUT2D eigenvalue weighted by atomic mass is 10.0. The molecule has 0 aliphatic carbocycles. The van der Waals surface area contributed by atoms with Crippen LogP contribution in [0.1, 0.15) is 31.9 Å². The molecule has 7 heteroatoms. The Morgan fingerprint density at radius 3 is 2.14 bits per heavy atom. The lowest BCUT2D eigenvalue weighted by Crippen LogP contribution is -2.35. The average molecular weight is 315 g/mol. The van der Waals surface area contributed by atoms with E-state index in [4.69, 9.17) is 15.6 Å². The maximum atomic E-state index is 14.0. The van der Waals surface area contributed by atoms with E-state index in [0.29, 0.717) is 5.56 Å². The van der Waals surface area contributed by atoms with Crippen molar-refractivity contribution < 1.29 is 28.2 Å². The van der Waals surface area contributed by atoms with Gasteiger partial charge in [-0.1, -0.05) is 24.3 Å². The van der Waals surface area contributed by atoms with Crippen molar-refractivity contribution in [2.45, 2.75) is 44.8 Å². The first-order valence-electron chi connectivity index (χ1n) is 6.62. The summed E-state index contributed by atoms with van der Waals surface area (Å²) in [5.74, 6) is -6.58. The molecular formula is C15H19F2NO4. The van der Waals surface area contributed by atoms with Crippen molar-refractivity contribution in [3.05, 3.63) is 35.4 Å². The monoisotopic (exact) mass is 315 g/mol. The predicted octanol–water partition coefficient (Wildman–Crippen LogP) is 2.07. The number of esters is 1. The Morgan fingerprint density at radius 1 is 1.23 bits per heavy atom. The van der Waals surface area contributed by atoms with Crippen LogP contribution in [0.15, 0.2) is 24.3 Å². The Labute approximate surface area is 127 Å². The highest BCUT2D eigenvalue weighted by Crippen LogP contribution is 2.31. The van der Waals surface area contributed by atoms with Gasteiger partial charge in [-0.2, -0.15) is 8.78 Å². The summed E-state index contributed by atoms with van der Waals surface area (Å²) in [7, 11) is 0. The Bertz CT molecular complexity index is 550. The SMILES string of the molecule is CC(C)(C)OC(=O)C(F)(F)c1ccc(CC(N)C(=O)O)cc1. The molecule has 1 aromatic carbocycles. The van der Waals surface area contributed by atoms with Gasteiger partial charge in [0.1, 0.15) is 11.6 Å². The number of carbonyl (C=O) groups is 2. The molecule has 0 bridgehead atoms. The third-order valence-electron chi connectivity index (χ3n) is 2.74. The molecule has 0 amide bonds. The lowest BCUT2D eigenvalue weighted by molar-refractivity contribution is -0.185. The number of ether oxygens (including phenoxy) is 1. The van der Waals surface area contributed by atoms with Crippen molar-refractivity contribution in [3.8, 4) is 0 Å². The van der Waals surface area contributed by atoms with Gasteiger partial charge in [-0.15, -0.1) is 0 Å². The summed E-state index contributed by atoms with van der Waals surface area (Å²) in [5.41, 5.74) is 4.31. The number of rotatable bonds is 5. The van der Waals surface area contributed by atoms with E-state index in [1.54, 1.807) is 0 Å². The Morgan fingerprint density at radius 2 is 1.73 bits per heavy atom. The third-order valence-corrected chi connectivity index (χ3v) is 2.74. The summed E-state index contributed by atoms with van der Waals surface area (Å²) < 4.78 is 32.7. The molecule has 22 heavy (non-hydrogen) atoms. The third kappa shape index (κ3) is 4.77. The fourth-order valence-electron chi connectivity index (χ4n) is 1.65. The molecule has 0 aromatic heterocycles. The molecule has 3 N–H and O–H groups in total. The standard InChI is InChI=1S/C15H19F2NO4/c1-14(2,3)22-13(21)15(16,17)10-6-4-9(5-7-10)8-11(18)12(19)20/h4-7,11H,8,18H2,1-3H3,(H,19,20). The van der Waals surface area contributed by atoms with Crippen molar-refractivity contribution in [1.29, 1.82) is 0 Å². The topological polar surface area (TPSA) is 89.6 Å². The number of hydrogen-bond acceptors (Lipinski definition) is 4. The Kier molecular flexibility index (Phi) is 5.24. The summed E-state index contributed by atoms with van der Waals surface area (Å²) in [6.45, 7) is 4.49. The number of benzene rings is 1. The van der Waals surface area contributed by atoms with Crippen LogP contribution in [0, 0.1) is 0 Å². The number of carboxylic acids is 1. The molecule has 0 aliphatic rings. The highest BCUT2D eigenvalue weighted by atomic mass is 19.3. The van der Waals surface area contributed by atoms with Gasteiger partial charge in [-0.05, 0) is 32.8 Å². The molecule has 1 unspecified atom stereocenters. The van der Waals surface area contributed by atoms with Crippen molar-refractivity contribution in [1.82, 2.24) is 0 Å². The quantitative estimate of drug-likeness (QED) is 0.812. The molecule has 1 rings (SSSR count). The summed E-state index contributed by atoms with van der Waals surface area (Å²) >= 11 is 0. The first kappa shape index (κ1) is 18.0. The first-order valence-corrected chi connectivity index (χ1v) is 6.62. The van der Waals surface area contributed by atoms with Gasteiger partial charge in [0.2, 0.25) is 0 Å². The van der Waals surface area contributed by atoms with E-state index in [0.717, 1.165) is 12.1 Å². The van der Waals surface area contributed by atoms with E-state index in [1.807, 2.05) is 0 Å². The van der Waals surface area contributed by atoms with Crippen molar-refractivity contribution >= 4 is 11.9 Å². The van der Waals surface area contributed by atoms with Crippen LogP contribution in [-0.2, 0) is 26.7 Å². The lowest BCUT2D eigenvalue weighted by Gasteiger charge is -2.23. The van der Waals surface area contributed by atoms with Crippen LogP contribution in [0.3, 0.4) is 0 Å². The van der Waals surface area contributed by atoms with Crippen LogP contribution in [0.5, 0.6) is 0 Å². The summed E-state index contributed by atoms with van der Waals surface area (Å²) in [4.78, 5) is 22.2. The molecule has 0 radical (unpaired) electrons. The van der Waals surface area contributed by atoms with Gasteiger partial charge >= 0.3 is 17.9 Å². The summed E-state index contributed by atoms with van der Waals surface area (Å²) in [6, 6.07) is 3.64. The molecule has 0 aliphatic heterocycles. The number of aliphatic carboxylic acids is 1. The highest BCUT2D eigenvalue weighted by Gasteiger charge is 2.44. The van der Waals surface area contributed by atoms with Gasteiger partial charge < -0.3 is 15.6 Å². The molecule has 1 atom stereocenters. The minimum Gasteiger partial charge on any atom is -0.480 e. The van der Waals surface area contributed by atoms with E-state index in [9.17, 15) is 18.4 Å². The molecule has 5 nitrogen and oxygen atoms in total. The molecule has 0 heterocycles. The van der Waals surface area contributed by atoms with Crippen molar-refractivity contribution in [3.63, 3.8) is 0 Å². The van der Waals surface area contributed by atoms with E-state index >= 15 is 0 Å². The van der Waals surface area contributed by atoms with Gasteiger partial charge in [0.25, 0.3) is 0 Å². The molecular weight excluding hydrogens is 296 g/mol. The number of alkyl halides is 2. The largest absolute Gasteiger partial charge is 0.480 e. The molecule has 122 valence electrons. The van der Waals surface area contributed by atoms with E-state index in [2.05, 4.69) is 0 Å². The molecule has 0 saturated carbocycles. The first-order chi connectivity index (χ1) is 9.93. The van der Waals surface area contributed by atoms with Crippen LogP contribution >= 0.6 is 0 Å². The van der Waals surface area contributed by atoms with Gasteiger partial charge in [0.15, 0.2) is 0 Å². The second kappa shape index (κ2) is 6.39. The number of nitrogens with two attached hydrogens (primary N) is 1.